The molecule has 2 aromatic rings. The van der Waals surface area contributed by atoms with Crippen molar-refractivity contribution in [1.29, 1.82) is 0 Å². The van der Waals surface area contributed by atoms with E-state index in [4.69, 9.17) is 20.8 Å². The normalized spacial score (nSPS) is 20.5. The van der Waals surface area contributed by atoms with Gasteiger partial charge < -0.3 is 19.0 Å². The molecule has 4 rings (SSSR count). The molecule has 31 heavy (non-hydrogen) atoms. The third-order valence-electron chi connectivity index (χ3n) is 5.77. The Hall–Kier alpha value is -2.19. The zero-order valence-electron chi connectivity index (χ0n) is 17.3. The molecule has 0 saturated carbocycles. The van der Waals surface area contributed by atoms with E-state index in [-0.39, 0.29) is 36.6 Å². The molecule has 2 aliphatic heterocycles. The molecule has 0 N–H and O–H groups in total. The monoisotopic (exact) mass is 466 g/mol. The topological polar surface area (TPSA) is 80.1 Å². The van der Waals surface area contributed by atoms with Gasteiger partial charge in [-0.3, -0.25) is 4.79 Å². The van der Waals surface area contributed by atoms with Gasteiger partial charge in [0, 0.05) is 30.2 Å². The molecule has 2 saturated heterocycles. The quantitative estimate of drug-likeness (QED) is 0.621. The van der Waals surface area contributed by atoms with Crippen molar-refractivity contribution < 1.29 is 22.4 Å². The summed E-state index contributed by atoms with van der Waals surface area (Å²) in [5.74, 6) is 1.71. The Labute approximate surface area is 187 Å². The predicted molar refractivity (Wildman–Crippen MR) is 119 cm³/mol. The van der Waals surface area contributed by atoms with Gasteiger partial charge in [-0.1, -0.05) is 17.7 Å². The molecule has 9 heteroatoms. The van der Waals surface area contributed by atoms with Crippen LogP contribution in [-0.4, -0.2) is 56.5 Å². The fourth-order valence-electron chi connectivity index (χ4n) is 4.13. The fraction of sp³-hybridized carbons (Fsp3) is 0.500. The minimum absolute atomic E-state index is 0.0321. The molecular weight excluding hydrogens is 440 g/mol. The summed E-state index contributed by atoms with van der Waals surface area (Å²) in [6.45, 7) is 1.94. The minimum atomic E-state index is -3.14. The van der Waals surface area contributed by atoms with E-state index in [1.54, 1.807) is 29.2 Å². The number of nitrogens with zero attached hydrogens (tertiary/aromatic N) is 2. The van der Waals surface area contributed by atoms with E-state index < -0.39 is 9.84 Å². The Balaban J connectivity index is 1.46. The molecule has 168 valence electrons. The van der Waals surface area contributed by atoms with E-state index in [0.29, 0.717) is 23.0 Å². The largest absolute Gasteiger partial charge is 0.484 e. The van der Waals surface area contributed by atoms with Gasteiger partial charge in [-0.05, 0) is 49.9 Å². The van der Waals surface area contributed by atoms with Crippen LogP contribution < -0.4 is 9.64 Å². The van der Waals surface area contributed by atoms with Gasteiger partial charge in [-0.2, -0.15) is 0 Å². The molecule has 1 aromatic heterocycles. The number of piperidine rings is 1. The van der Waals surface area contributed by atoms with E-state index in [9.17, 15) is 13.2 Å². The van der Waals surface area contributed by atoms with E-state index >= 15 is 0 Å². The lowest BCUT2D eigenvalue weighted by Gasteiger charge is -2.28. The lowest BCUT2D eigenvalue weighted by molar-refractivity contribution is -0.136. The predicted octanol–water partition coefficient (Wildman–Crippen LogP) is 3.52. The molecule has 1 amide bonds. The summed E-state index contributed by atoms with van der Waals surface area (Å²) in [6, 6.07) is 10.2. The standard InChI is InChI=1S/C22H27ClN2O5S/c23-17-5-4-6-19(13-17)29-15-21(26)25(18-9-12-31(27,28)16-18)14-20-7-8-22(30-20)24-10-2-1-3-11-24/h4-8,13,18H,1-3,9-12,14-16H2. The molecule has 1 aromatic carbocycles. The number of amides is 1. The summed E-state index contributed by atoms with van der Waals surface area (Å²) in [7, 11) is -3.14. The highest BCUT2D eigenvalue weighted by molar-refractivity contribution is 7.91. The van der Waals surface area contributed by atoms with Crippen molar-refractivity contribution in [1.82, 2.24) is 4.90 Å². The van der Waals surface area contributed by atoms with E-state index in [1.807, 2.05) is 12.1 Å². The summed E-state index contributed by atoms with van der Waals surface area (Å²) in [5.41, 5.74) is 0. The number of hydrogen-bond acceptors (Lipinski definition) is 6. The molecule has 0 aliphatic carbocycles. The lowest BCUT2D eigenvalue weighted by atomic mass is 10.1. The first-order valence-corrected chi connectivity index (χ1v) is 12.8. The van der Waals surface area contributed by atoms with Gasteiger partial charge >= 0.3 is 0 Å². The highest BCUT2D eigenvalue weighted by atomic mass is 35.5. The number of sulfone groups is 1. The summed E-state index contributed by atoms with van der Waals surface area (Å²) in [5, 5.41) is 0.518. The van der Waals surface area contributed by atoms with E-state index in [0.717, 1.165) is 31.8 Å². The van der Waals surface area contributed by atoms with Crippen molar-refractivity contribution in [3.05, 3.63) is 47.2 Å². The average Bonchev–Trinajstić information content (AvgIpc) is 3.37. The van der Waals surface area contributed by atoms with E-state index in [1.165, 1.54) is 6.42 Å². The van der Waals surface area contributed by atoms with Crippen LogP contribution in [0.2, 0.25) is 5.02 Å². The van der Waals surface area contributed by atoms with Crippen LogP contribution >= 0.6 is 11.6 Å². The van der Waals surface area contributed by atoms with Gasteiger partial charge in [0.1, 0.15) is 11.5 Å². The van der Waals surface area contributed by atoms with Crippen LogP contribution in [-0.2, 0) is 21.2 Å². The first-order chi connectivity index (χ1) is 14.9. The summed E-state index contributed by atoms with van der Waals surface area (Å²) in [4.78, 5) is 16.8. The number of ether oxygens (including phenoxy) is 1. The number of furan rings is 1. The molecule has 1 unspecified atom stereocenters. The number of halogens is 1. The third kappa shape index (κ3) is 5.74. The third-order valence-corrected chi connectivity index (χ3v) is 7.75. The summed E-state index contributed by atoms with van der Waals surface area (Å²) < 4.78 is 35.7. The molecule has 0 radical (unpaired) electrons. The van der Waals surface area contributed by atoms with Crippen molar-refractivity contribution in [3.63, 3.8) is 0 Å². The Morgan fingerprint density at radius 2 is 2.00 bits per heavy atom. The van der Waals surface area contributed by atoms with Gasteiger partial charge in [-0.15, -0.1) is 0 Å². The first-order valence-electron chi connectivity index (χ1n) is 10.6. The van der Waals surface area contributed by atoms with Gasteiger partial charge in [0.2, 0.25) is 0 Å². The first kappa shape index (κ1) is 22.0. The highest BCUT2D eigenvalue weighted by Gasteiger charge is 2.35. The Bertz CT molecular complexity index is 1020. The summed E-state index contributed by atoms with van der Waals surface area (Å²) >= 11 is 5.97. The van der Waals surface area contributed by atoms with Crippen molar-refractivity contribution in [3.8, 4) is 5.75 Å². The molecule has 0 spiro atoms. The molecule has 2 aliphatic rings. The molecule has 3 heterocycles. The van der Waals surface area contributed by atoms with Crippen molar-refractivity contribution >= 4 is 33.2 Å². The van der Waals surface area contributed by atoms with Gasteiger partial charge in [0.05, 0.1) is 18.1 Å². The van der Waals surface area contributed by atoms with Crippen LogP contribution in [0.5, 0.6) is 5.75 Å². The van der Waals surface area contributed by atoms with Crippen LogP contribution in [0.1, 0.15) is 31.4 Å². The lowest BCUT2D eigenvalue weighted by Crippen LogP contribution is -2.43. The molecule has 7 nitrogen and oxygen atoms in total. The summed E-state index contributed by atoms with van der Waals surface area (Å²) in [6.07, 6.45) is 3.93. The molecule has 0 bridgehead atoms. The Kier molecular flexibility index (Phi) is 6.77. The molecular formula is C22H27ClN2O5S. The number of carbonyl (C=O) groups is 1. The van der Waals surface area contributed by atoms with Crippen molar-refractivity contribution in [2.75, 3.05) is 36.1 Å². The number of carbonyl (C=O) groups excluding carboxylic acids is 1. The number of benzene rings is 1. The number of hydrogen-bond donors (Lipinski definition) is 0. The average molecular weight is 467 g/mol. The van der Waals surface area contributed by atoms with Crippen LogP contribution in [0.25, 0.3) is 0 Å². The minimum Gasteiger partial charge on any atom is -0.484 e. The van der Waals surface area contributed by atoms with Crippen LogP contribution in [0, 0.1) is 0 Å². The highest BCUT2D eigenvalue weighted by Crippen LogP contribution is 2.26. The second-order valence-electron chi connectivity index (χ2n) is 8.11. The van der Waals surface area contributed by atoms with Crippen LogP contribution in [0.15, 0.2) is 40.8 Å². The second kappa shape index (κ2) is 9.53. The SMILES string of the molecule is O=C(COc1cccc(Cl)c1)N(Cc1ccc(N2CCCCC2)o1)C1CCS(=O)(=O)C1. The van der Waals surface area contributed by atoms with Crippen LogP contribution in [0.3, 0.4) is 0 Å². The number of anilines is 1. The fourth-order valence-corrected chi connectivity index (χ4v) is 6.04. The van der Waals surface area contributed by atoms with Crippen LogP contribution in [0.4, 0.5) is 5.88 Å². The maximum Gasteiger partial charge on any atom is 0.261 e. The molecule has 2 fully saturated rings. The zero-order chi connectivity index (χ0) is 21.8. The maximum absolute atomic E-state index is 13.0. The molecule has 1 atom stereocenters. The smallest absolute Gasteiger partial charge is 0.261 e. The maximum atomic E-state index is 13.0. The van der Waals surface area contributed by atoms with E-state index in [2.05, 4.69) is 4.90 Å². The Morgan fingerprint density at radius 1 is 1.19 bits per heavy atom. The van der Waals surface area contributed by atoms with Gasteiger partial charge in [0.15, 0.2) is 22.3 Å². The van der Waals surface area contributed by atoms with Gasteiger partial charge in [0.25, 0.3) is 5.91 Å². The Morgan fingerprint density at radius 3 is 2.71 bits per heavy atom. The van der Waals surface area contributed by atoms with Crippen molar-refractivity contribution in [2.45, 2.75) is 38.3 Å². The zero-order valence-corrected chi connectivity index (χ0v) is 18.9. The van der Waals surface area contributed by atoms with Crippen molar-refractivity contribution in [2.24, 2.45) is 0 Å². The van der Waals surface area contributed by atoms with Gasteiger partial charge in [-0.25, -0.2) is 8.42 Å². The number of rotatable bonds is 7. The second-order valence-corrected chi connectivity index (χ2v) is 10.8.